The van der Waals surface area contributed by atoms with Gasteiger partial charge in [-0.15, -0.1) is 0 Å². The van der Waals surface area contributed by atoms with Crippen LogP contribution >= 0.6 is 0 Å². The quantitative estimate of drug-likeness (QED) is 0.307. The van der Waals surface area contributed by atoms with Crippen LogP contribution in [0.15, 0.2) is 54.1 Å². The lowest BCUT2D eigenvalue weighted by molar-refractivity contribution is -0.140. The van der Waals surface area contributed by atoms with Gasteiger partial charge in [-0.25, -0.2) is 4.79 Å². The van der Waals surface area contributed by atoms with E-state index in [1.807, 2.05) is 19.0 Å². The molecule has 0 bridgehead atoms. The molecule has 8 nitrogen and oxygen atoms in total. The zero-order valence-corrected chi connectivity index (χ0v) is 18.5. The highest BCUT2D eigenvalue weighted by Crippen LogP contribution is 2.39. The number of likely N-dealkylation sites (N-methyl/N-ethyl adjacent to an activating group) is 1. The first-order valence-corrected chi connectivity index (χ1v) is 10.0. The van der Waals surface area contributed by atoms with Crippen molar-refractivity contribution in [2.45, 2.75) is 6.04 Å². The largest absolute Gasteiger partial charge is 0.507 e. The number of nitrogens with zero attached hydrogens (tertiary/aromatic N) is 2. The van der Waals surface area contributed by atoms with Gasteiger partial charge in [0.05, 0.1) is 31.4 Å². The second-order valence-electron chi connectivity index (χ2n) is 7.64. The van der Waals surface area contributed by atoms with E-state index in [4.69, 9.17) is 9.47 Å². The third-order valence-electron chi connectivity index (χ3n) is 5.32. The van der Waals surface area contributed by atoms with Gasteiger partial charge in [-0.05, 0) is 43.9 Å². The molecular weight excluding hydrogens is 412 g/mol. The molecular formula is C24H26N2O6. The molecule has 0 aromatic heterocycles. The molecule has 1 amide bonds. The summed E-state index contributed by atoms with van der Waals surface area (Å²) in [6.45, 7) is 0.818. The number of Topliss-reactive ketones (excluding diaryl/α,β-unsaturated/α-hetero) is 1. The minimum atomic E-state index is -0.798. The zero-order valence-electron chi connectivity index (χ0n) is 18.5. The monoisotopic (exact) mass is 438 g/mol. The lowest BCUT2D eigenvalue weighted by Gasteiger charge is -2.26. The Kier molecular flexibility index (Phi) is 6.95. The van der Waals surface area contributed by atoms with Crippen LogP contribution in [0.4, 0.5) is 0 Å². The van der Waals surface area contributed by atoms with Crippen LogP contribution in [0.3, 0.4) is 0 Å². The Bertz CT molecular complexity index is 1060. The SMILES string of the molecule is COC(=O)c1ccc([C@@H]2C(=C(O)c3cccc(OC)c3)C(=O)C(=O)N2CCN(C)C)cc1. The van der Waals surface area contributed by atoms with Crippen LogP contribution in [0, 0.1) is 0 Å². The number of aliphatic hydroxyl groups is 1. The third-order valence-corrected chi connectivity index (χ3v) is 5.32. The van der Waals surface area contributed by atoms with Gasteiger partial charge >= 0.3 is 5.97 Å². The van der Waals surface area contributed by atoms with E-state index < -0.39 is 23.7 Å². The van der Waals surface area contributed by atoms with E-state index in [1.54, 1.807) is 48.5 Å². The maximum absolute atomic E-state index is 13.0. The van der Waals surface area contributed by atoms with Crippen molar-refractivity contribution in [1.29, 1.82) is 0 Å². The Morgan fingerprint density at radius 1 is 1.06 bits per heavy atom. The maximum atomic E-state index is 13.0. The summed E-state index contributed by atoms with van der Waals surface area (Å²) in [5.74, 6) is -1.70. The first-order chi connectivity index (χ1) is 15.3. The van der Waals surface area contributed by atoms with Crippen LogP contribution in [-0.2, 0) is 14.3 Å². The summed E-state index contributed by atoms with van der Waals surface area (Å²) in [5, 5.41) is 11.1. The Morgan fingerprint density at radius 2 is 1.75 bits per heavy atom. The molecule has 1 aliphatic rings. The summed E-state index contributed by atoms with van der Waals surface area (Å²) in [7, 11) is 6.53. The van der Waals surface area contributed by atoms with E-state index in [9.17, 15) is 19.5 Å². The number of methoxy groups -OCH3 is 2. The van der Waals surface area contributed by atoms with Crippen LogP contribution in [0.2, 0.25) is 0 Å². The van der Waals surface area contributed by atoms with Gasteiger partial charge < -0.3 is 24.4 Å². The van der Waals surface area contributed by atoms with Gasteiger partial charge in [0.15, 0.2) is 0 Å². The summed E-state index contributed by atoms with van der Waals surface area (Å²) in [6.07, 6.45) is 0. The zero-order chi connectivity index (χ0) is 23.4. The van der Waals surface area contributed by atoms with Crippen LogP contribution in [0.1, 0.15) is 27.5 Å². The number of ether oxygens (including phenoxy) is 2. The van der Waals surface area contributed by atoms with Crippen LogP contribution in [0.25, 0.3) is 5.76 Å². The Balaban J connectivity index is 2.13. The van der Waals surface area contributed by atoms with Crippen molar-refractivity contribution in [3.8, 4) is 5.75 Å². The Hall–Kier alpha value is -3.65. The molecule has 8 heteroatoms. The van der Waals surface area contributed by atoms with Crippen molar-refractivity contribution in [3.63, 3.8) is 0 Å². The summed E-state index contributed by atoms with van der Waals surface area (Å²) >= 11 is 0. The van der Waals surface area contributed by atoms with Gasteiger partial charge in [-0.3, -0.25) is 9.59 Å². The molecule has 1 saturated heterocycles. The molecule has 1 heterocycles. The van der Waals surface area contributed by atoms with Crippen LogP contribution < -0.4 is 4.74 Å². The molecule has 2 aromatic carbocycles. The van der Waals surface area contributed by atoms with E-state index in [-0.39, 0.29) is 17.9 Å². The fourth-order valence-electron chi connectivity index (χ4n) is 3.61. The van der Waals surface area contributed by atoms with Crippen molar-refractivity contribution < 1.29 is 29.0 Å². The maximum Gasteiger partial charge on any atom is 0.337 e. The fourth-order valence-corrected chi connectivity index (χ4v) is 3.61. The van der Waals surface area contributed by atoms with Gasteiger partial charge in [0.2, 0.25) is 0 Å². The molecule has 0 aliphatic carbocycles. The normalized spacial score (nSPS) is 17.7. The highest BCUT2D eigenvalue weighted by atomic mass is 16.5. The summed E-state index contributed by atoms with van der Waals surface area (Å²) < 4.78 is 9.95. The number of carbonyl (C=O) groups is 3. The number of hydrogen-bond donors (Lipinski definition) is 1. The number of aliphatic hydroxyl groups excluding tert-OH is 1. The molecule has 1 fully saturated rings. The van der Waals surface area contributed by atoms with Gasteiger partial charge in [-0.2, -0.15) is 0 Å². The van der Waals surface area contributed by atoms with Crippen LogP contribution in [-0.4, -0.2) is 74.0 Å². The average molecular weight is 438 g/mol. The van der Waals surface area contributed by atoms with Gasteiger partial charge in [0.1, 0.15) is 11.5 Å². The summed E-state index contributed by atoms with van der Waals surface area (Å²) in [4.78, 5) is 41.1. The minimum absolute atomic E-state index is 0.00664. The number of esters is 1. The van der Waals surface area contributed by atoms with E-state index in [0.29, 0.717) is 29.0 Å². The summed E-state index contributed by atoms with van der Waals surface area (Å²) in [5.41, 5.74) is 1.30. The van der Waals surface area contributed by atoms with E-state index in [2.05, 4.69) is 0 Å². The smallest absolute Gasteiger partial charge is 0.337 e. The van der Waals surface area contributed by atoms with Crippen molar-refractivity contribution in [2.75, 3.05) is 41.4 Å². The number of rotatable bonds is 7. The van der Waals surface area contributed by atoms with Crippen molar-refractivity contribution in [3.05, 3.63) is 70.8 Å². The highest BCUT2D eigenvalue weighted by molar-refractivity contribution is 6.46. The van der Waals surface area contributed by atoms with Gasteiger partial charge in [-0.1, -0.05) is 24.3 Å². The molecule has 3 rings (SSSR count). The molecule has 0 unspecified atom stereocenters. The van der Waals surface area contributed by atoms with Crippen LogP contribution in [0.5, 0.6) is 5.75 Å². The lowest BCUT2D eigenvalue weighted by Crippen LogP contribution is -2.35. The number of benzene rings is 2. The van der Waals surface area contributed by atoms with Crippen molar-refractivity contribution in [2.24, 2.45) is 0 Å². The molecule has 168 valence electrons. The van der Waals surface area contributed by atoms with Gasteiger partial charge in [0.25, 0.3) is 11.7 Å². The van der Waals surface area contributed by atoms with Gasteiger partial charge in [0, 0.05) is 18.7 Å². The molecule has 1 atom stereocenters. The first-order valence-electron chi connectivity index (χ1n) is 10.0. The Labute approximate surface area is 186 Å². The van der Waals surface area contributed by atoms with E-state index in [0.717, 1.165) is 0 Å². The second kappa shape index (κ2) is 9.65. The third kappa shape index (κ3) is 4.50. The molecule has 2 aromatic rings. The topological polar surface area (TPSA) is 96.4 Å². The molecule has 1 N–H and O–H groups in total. The number of ketones is 1. The highest BCUT2D eigenvalue weighted by Gasteiger charge is 2.45. The molecule has 0 saturated carbocycles. The Morgan fingerprint density at radius 3 is 2.34 bits per heavy atom. The van der Waals surface area contributed by atoms with Crippen molar-refractivity contribution >= 4 is 23.4 Å². The number of carbonyl (C=O) groups excluding carboxylic acids is 3. The number of hydrogen-bond acceptors (Lipinski definition) is 7. The number of likely N-dealkylation sites (tertiary alicyclic amines) is 1. The van der Waals surface area contributed by atoms with E-state index >= 15 is 0 Å². The molecule has 0 radical (unpaired) electrons. The predicted molar refractivity (Wildman–Crippen MR) is 118 cm³/mol. The van der Waals surface area contributed by atoms with E-state index in [1.165, 1.54) is 19.1 Å². The predicted octanol–water partition coefficient (Wildman–Crippen LogP) is 2.47. The standard InChI is InChI=1S/C24H26N2O6/c1-25(2)12-13-26-20(15-8-10-16(11-9-15)24(30)32-4)19(22(28)23(26)29)21(27)17-6-5-7-18(14-17)31-3/h5-11,14,20,27H,12-13H2,1-4H3/t20-/m1/s1. The number of amides is 1. The van der Waals surface area contributed by atoms with Crippen molar-refractivity contribution in [1.82, 2.24) is 9.80 Å². The fraction of sp³-hybridized carbons (Fsp3) is 0.292. The molecule has 1 aliphatic heterocycles. The summed E-state index contributed by atoms with van der Waals surface area (Å²) in [6, 6.07) is 12.3. The molecule has 32 heavy (non-hydrogen) atoms. The second-order valence-corrected chi connectivity index (χ2v) is 7.64. The lowest BCUT2D eigenvalue weighted by atomic mass is 9.94. The molecule has 0 spiro atoms. The first kappa shape index (κ1) is 23.0. The average Bonchev–Trinajstić information content (AvgIpc) is 3.06. The minimum Gasteiger partial charge on any atom is -0.507 e.